The Hall–Kier alpha value is -1.88. The Labute approximate surface area is 114 Å². The monoisotopic (exact) mass is 283 g/mol. The molecule has 1 nitrogen and oxygen atoms in total. The van der Waals surface area contributed by atoms with Crippen molar-refractivity contribution in [3.8, 4) is 0 Å². The van der Waals surface area contributed by atoms with Gasteiger partial charge in [-0.05, 0) is 43.3 Å². The van der Waals surface area contributed by atoms with E-state index in [2.05, 4.69) is 5.32 Å². The average Bonchev–Trinajstić information content (AvgIpc) is 2.42. The van der Waals surface area contributed by atoms with Gasteiger partial charge in [-0.25, -0.2) is 17.6 Å². The highest BCUT2D eigenvalue weighted by molar-refractivity contribution is 5.26. The van der Waals surface area contributed by atoms with E-state index < -0.39 is 29.3 Å². The molecule has 0 spiro atoms. The highest BCUT2D eigenvalue weighted by Gasteiger charge is 2.17. The Balaban J connectivity index is 2.31. The number of hydrogen-bond acceptors (Lipinski definition) is 1. The lowest BCUT2D eigenvalue weighted by molar-refractivity contribution is 0.494. The van der Waals surface area contributed by atoms with Crippen LogP contribution in [-0.4, -0.2) is 7.05 Å². The Morgan fingerprint density at radius 1 is 0.900 bits per heavy atom. The van der Waals surface area contributed by atoms with Crippen LogP contribution in [0, 0.1) is 23.3 Å². The van der Waals surface area contributed by atoms with Crippen LogP contribution < -0.4 is 5.32 Å². The number of rotatable bonds is 4. The molecule has 2 aromatic rings. The summed E-state index contributed by atoms with van der Waals surface area (Å²) >= 11 is 0. The highest BCUT2D eigenvalue weighted by Crippen LogP contribution is 2.23. The lowest BCUT2D eigenvalue weighted by Gasteiger charge is -2.17. The molecule has 5 heteroatoms. The van der Waals surface area contributed by atoms with Gasteiger partial charge in [-0.2, -0.15) is 0 Å². The van der Waals surface area contributed by atoms with Crippen LogP contribution >= 0.6 is 0 Å². The molecule has 0 heterocycles. The molecule has 0 aromatic heterocycles. The van der Waals surface area contributed by atoms with E-state index in [9.17, 15) is 17.6 Å². The largest absolute Gasteiger partial charge is 0.313 e. The average molecular weight is 283 g/mol. The SMILES string of the molecule is CNC(Cc1c(F)cccc1F)c1ccc(F)c(F)c1. The lowest BCUT2D eigenvalue weighted by atomic mass is 9.98. The zero-order valence-corrected chi connectivity index (χ0v) is 10.8. The second-order valence-corrected chi connectivity index (χ2v) is 4.42. The molecule has 1 N–H and O–H groups in total. The quantitative estimate of drug-likeness (QED) is 0.843. The van der Waals surface area contributed by atoms with Gasteiger partial charge in [-0.3, -0.25) is 0 Å². The van der Waals surface area contributed by atoms with Gasteiger partial charge in [0.25, 0.3) is 0 Å². The molecule has 0 aliphatic carbocycles. The summed E-state index contributed by atoms with van der Waals surface area (Å²) < 4.78 is 53.3. The summed E-state index contributed by atoms with van der Waals surface area (Å²) in [5.41, 5.74) is 0.339. The first kappa shape index (κ1) is 14.5. The molecule has 106 valence electrons. The second kappa shape index (κ2) is 6.05. The Morgan fingerprint density at radius 2 is 1.55 bits per heavy atom. The molecule has 1 atom stereocenters. The molecule has 0 saturated heterocycles. The lowest BCUT2D eigenvalue weighted by Crippen LogP contribution is -2.20. The molecule has 0 bridgehead atoms. The normalized spacial score (nSPS) is 12.4. The van der Waals surface area contributed by atoms with Gasteiger partial charge in [0.15, 0.2) is 11.6 Å². The maximum absolute atomic E-state index is 13.6. The third-order valence-corrected chi connectivity index (χ3v) is 3.16. The zero-order chi connectivity index (χ0) is 14.7. The van der Waals surface area contributed by atoms with Gasteiger partial charge >= 0.3 is 0 Å². The topological polar surface area (TPSA) is 12.0 Å². The molecular weight excluding hydrogens is 270 g/mol. The first-order valence-electron chi connectivity index (χ1n) is 6.08. The van der Waals surface area contributed by atoms with Crippen molar-refractivity contribution in [2.24, 2.45) is 0 Å². The van der Waals surface area contributed by atoms with E-state index in [0.717, 1.165) is 24.3 Å². The predicted octanol–water partition coefficient (Wildman–Crippen LogP) is 3.75. The van der Waals surface area contributed by atoms with Crippen molar-refractivity contribution in [1.82, 2.24) is 5.32 Å². The van der Waals surface area contributed by atoms with Crippen molar-refractivity contribution in [3.05, 3.63) is 70.8 Å². The van der Waals surface area contributed by atoms with E-state index in [1.807, 2.05) is 0 Å². The number of benzene rings is 2. The summed E-state index contributed by atoms with van der Waals surface area (Å²) in [7, 11) is 1.59. The van der Waals surface area contributed by atoms with Crippen LogP contribution in [0.4, 0.5) is 17.6 Å². The van der Waals surface area contributed by atoms with E-state index >= 15 is 0 Å². The van der Waals surface area contributed by atoms with E-state index in [1.54, 1.807) is 7.05 Å². The van der Waals surface area contributed by atoms with Crippen LogP contribution in [0.15, 0.2) is 36.4 Å². The Kier molecular flexibility index (Phi) is 4.39. The fourth-order valence-electron chi connectivity index (χ4n) is 2.05. The summed E-state index contributed by atoms with van der Waals surface area (Å²) in [5.74, 6) is -3.27. The molecule has 1 unspecified atom stereocenters. The summed E-state index contributed by atoms with van der Waals surface area (Å²) in [6.07, 6.45) is 0.0000784. The van der Waals surface area contributed by atoms with E-state index in [4.69, 9.17) is 0 Å². The van der Waals surface area contributed by atoms with Crippen molar-refractivity contribution < 1.29 is 17.6 Å². The van der Waals surface area contributed by atoms with Crippen molar-refractivity contribution in [2.75, 3.05) is 7.05 Å². The van der Waals surface area contributed by atoms with Gasteiger partial charge in [0.1, 0.15) is 11.6 Å². The molecule has 0 saturated carbocycles. The number of likely N-dealkylation sites (N-methyl/N-ethyl adjacent to an activating group) is 1. The molecule has 2 aromatic carbocycles. The van der Waals surface area contributed by atoms with Crippen LogP contribution in [0.2, 0.25) is 0 Å². The van der Waals surface area contributed by atoms with Gasteiger partial charge in [0.2, 0.25) is 0 Å². The number of nitrogens with one attached hydrogen (secondary N) is 1. The summed E-state index contributed by atoms with van der Waals surface area (Å²) in [6.45, 7) is 0. The second-order valence-electron chi connectivity index (χ2n) is 4.42. The van der Waals surface area contributed by atoms with Crippen LogP contribution in [0.3, 0.4) is 0 Å². The molecular formula is C15H13F4N. The van der Waals surface area contributed by atoms with Crippen LogP contribution in [0.5, 0.6) is 0 Å². The first-order valence-corrected chi connectivity index (χ1v) is 6.08. The number of hydrogen-bond donors (Lipinski definition) is 1. The fraction of sp³-hybridized carbons (Fsp3) is 0.200. The van der Waals surface area contributed by atoms with Gasteiger partial charge < -0.3 is 5.32 Å². The highest BCUT2D eigenvalue weighted by atomic mass is 19.2. The van der Waals surface area contributed by atoms with E-state index in [-0.39, 0.29) is 12.0 Å². The fourth-order valence-corrected chi connectivity index (χ4v) is 2.05. The minimum Gasteiger partial charge on any atom is -0.313 e. The molecule has 0 amide bonds. The molecule has 2 rings (SSSR count). The maximum atomic E-state index is 13.6. The molecule has 0 fully saturated rings. The van der Waals surface area contributed by atoms with Crippen molar-refractivity contribution >= 4 is 0 Å². The van der Waals surface area contributed by atoms with Gasteiger partial charge in [0.05, 0.1) is 0 Å². The van der Waals surface area contributed by atoms with E-state index in [0.29, 0.717) is 5.56 Å². The zero-order valence-electron chi connectivity index (χ0n) is 10.8. The maximum Gasteiger partial charge on any atom is 0.159 e. The van der Waals surface area contributed by atoms with Crippen LogP contribution in [0.25, 0.3) is 0 Å². The minimum atomic E-state index is -0.989. The minimum absolute atomic E-state index is 0.0000784. The molecule has 20 heavy (non-hydrogen) atoms. The standard InChI is InChI=1S/C15H13F4N/c1-20-15(9-5-6-13(18)14(19)7-9)8-10-11(16)3-2-4-12(10)17/h2-7,15,20H,8H2,1H3. The van der Waals surface area contributed by atoms with Crippen molar-refractivity contribution in [3.63, 3.8) is 0 Å². The van der Waals surface area contributed by atoms with Gasteiger partial charge in [0, 0.05) is 11.6 Å². The summed E-state index contributed by atoms with van der Waals surface area (Å²) in [5, 5.41) is 2.85. The van der Waals surface area contributed by atoms with E-state index in [1.165, 1.54) is 12.1 Å². The first-order chi connectivity index (χ1) is 9.52. The van der Waals surface area contributed by atoms with Crippen molar-refractivity contribution in [2.45, 2.75) is 12.5 Å². The van der Waals surface area contributed by atoms with Crippen LogP contribution in [-0.2, 0) is 6.42 Å². The van der Waals surface area contributed by atoms with Crippen LogP contribution in [0.1, 0.15) is 17.2 Å². The molecule has 0 aliphatic heterocycles. The molecule has 0 aliphatic rings. The number of halogens is 4. The van der Waals surface area contributed by atoms with Crippen molar-refractivity contribution in [1.29, 1.82) is 0 Å². The van der Waals surface area contributed by atoms with Gasteiger partial charge in [-0.1, -0.05) is 12.1 Å². The third-order valence-electron chi connectivity index (χ3n) is 3.16. The third kappa shape index (κ3) is 2.99. The summed E-state index contributed by atoms with van der Waals surface area (Å²) in [4.78, 5) is 0. The Bertz CT molecular complexity index is 593. The van der Waals surface area contributed by atoms with Gasteiger partial charge in [-0.15, -0.1) is 0 Å². The predicted molar refractivity (Wildman–Crippen MR) is 68.2 cm³/mol. The Morgan fingerprint density at radius 3 is 2.10 bits per heavy atom. The molecule has 0 radical (unpaired) electrons. The summed E-state index contributed by atoms with van der Waals surface area (Å²) in [6, 6.07) is 6.49. The smallest absolute Gasteiger partial charge is 0.159 e.